The van der Waals surface area contributed by atoms with E-state index in [0.717, 1.165) is 28.7 Å². The summed E-state index contributed by atoms with van der Waals surface area (Å²) in [5.74, 6) is 0.906. The number of aryl methyl sites for hydroxylation is 1. The Balaban J connectivity index is 2.07. The van der Waals surface area contributed by atoms with Gasteiger partial charge < -0.3 is 5.32 Å². The molecule has 4 heteroatoms. The van der Waals surface area contributed by atoms with Gasteiger partial charge in [0.15, 0.2) is 0 Å². The van der Waals surface area contributed by atoms with Crippen LogP contribution in [0.15, 0.2) is 16.7 Å². The molecule has 0 saturated heterocycles. The Labute approximate surface area is 110 Å². The Hall–Kier alpha value is -0.280. The van der Waals surface area contributed by atoms with E-state index in [1.54, 1.807) is 0 Å². The first kappa shape index (κ1) is 12.2. The van der Waals surface area contributed by atoms with E-state index in [4.69, 9.17) is 11.6 Å². The first-order valence-electron chi connectivity index (χ1n) is 5.69. The van der Waals surface area contributed by atoms with E-state index in [1.807, 2.05) is 13.1 Å². The van der Waals surface area contributed by atoms with Crippen LogP contribution in [0, 0.1) is 6.92 Å². The zero-order valence-electron chi connectivity index (χ0n) is 9.34. The van der Waals surface area contributed by atoms with Crippen molar-refractivity contribution in [1.82, 2.24) is 4.98 Å². The molecule has 2 nitrogen and oxygen atoms in total. The van der Waals surface area contributed by atoms with Crippen LogP contribution in [0.3, 0.4) is 0 Å². The average molecular weight is 304 g/mol. The maximum Gasteiger partial charge on any atom is 0.140 e. The maximum absolute atomic E-state index is 6.31. The minimum Gasteiger partial charge on any atom is -0.365 e. The van der Waals surface area contributed by atoms with Crippen molar-refractivity contribution < 1.29 is 0 Å². The van der Waals surface area contributed by atoms with Crippen LogP contribution in [0.25, 0.3) is 0 Å². The Morgan fingerprint density at radius 1 is 1.44 bits per heavy atom. The van der Waals surface area contributed by atoms with Crippen LogP contribution in [-0.4, -0.2) is 16.4 Å². The van der Waals surface area contributed by atoms with Crippen molar-refractivity contribution in [2.24, 2.45) is 0 Å². The van der Waals surface area contributed by atoms with Crippen LogP contribution in [0.4, 0.5) is 5.82 Å². The highest BCUT2D eigenvalue weighted by Crippen LogP contribution is 2.28. The summed E-state index contributed by atoms with van der Waals surface area (Å²) >= 11 is 9.84. The highest BCUT2D eigenvalue weighted by Gasteiger charge is 2.23. The number of nitrogens with zero attached hydrogens (tertiary/aromatic N) is 1. The smallest absolute Gasteiger partial charge is 0.140 e. The molecule has 1 N–H and O–H groups in total. The van der Waals surface area contributed by atoms with Gasteiger partial charge in [-0.2, -0.15) is 0 Å². The Kier molecular flexibility index (Phi) is 4.09. The first-order chi connectivity index (χ1) is 7.66. The molecule has 1 heterocycles. The number of hydrogen-bond acceptors (Lipinski definition) is 2. The molecule has 0 spiro atoms. The molecule has 0 radical (unpaired) electrons. The molecule has 1 fully saturated rings. The summed E-state index contributed by atoms with van der Waals surface area (Å²) in [4.78, 5) is 4.39. The van der Waals surface area contributed by atoms with Crippen LogP contribution in [0.2, 0.25) is 0 Å². The fourth-order valence-electron chi connectivity index (χ4n) is 2.06. The van der Waals surface area contributed by atoms with Crippen molar-refractivity contribution >= 4 is 33.3 Å². The molecule has 88 valence electrons. The topological polar surface area (TPSA) is 24.9 Å². The lowest BCUT2D eigenvalue weighted by atomic mass is 9.95. The predicted molar refractivity (Wildman–Crippen MR) is 72.2 cm³/mol. The summed E-state index contributed by atoms with van der Waals surface area (Å²) in [6, 6.07) is 2.42. The second kappa shape index (κ2) is 5.37. The number of aromatic nitrogens is 1. The molecule has 1 aromatic rings. The average Bonchev–Trinajstić information content (AvgIpc) is 2.25. The monoisotopic (exact) mass is 302 g/mol. The molecule has 1 aliphatic carbocycles. The zero-order valence-corrected chi connectivity index (χ0v) is 11.7. The minimum atomic E-state index is 0.226. The van der Waals surface area contributed by atoms with E-state index in [2.05, 4.69) is 32.3 Å². The molecule has 1 aliphatic rings. The zero-order chi connectivity index (χ0) is 11.5. The summed E-state index contributed by atoms with van der Waals surface area (Å²) in [6.45, 7) is 2.03. The van der Waals surface area contributed by atoms with Gasteiger partial charge >= 0.3 is 0 Å². The van der Waals surface area contributed by atoms with E-state index in [-0.39, 0.29) is 5.38 Å². The molecular weight excluding hydrogens is 288 g/mol. The largest absolute Gasteiger partial charge is 0.365 e. The SMILES string of the molecule is Cc1cnc(NC2CCCCC2Cl)c(Br)c1. The van der Waals surface area contributed by atoms with Gasteiger partial charge in [-0.3, -0.25) is 0 Å². The molecule has 0 aromatic carbocycles. The number of alkyl halides is 1. The number of anilines is 1. The van der Waals surface area contributed by atoms with Gasteiger partial charge in [0.2, 0.25) is 0 Å². The van der Waals surface area contributed by atoms with E-state index < -0.39 is 0 Å². The molecular formula is C12H16BrClN2. The van der Waals surface area contributed by atoms with Crippen LogP contribution >= 0.6 is 27.5 Å². The highest BCUT2D eigenvalue weighted by atomic mass is 79.9. The second-order valence-corrected chi connectivity index (χ2v) is 5.81. The van der Waals surface area contributed by atoms with E-state index >= 15 is 0 Å². The van der Waals surface area contributed by atoms with Crippen molar-refractivity contribution in [2.75, 3.05) is 5.32 Å². The molecule has 0 bridgehead atoms. The van der Waals surface area contributed by atoms with Gasteiger partial charge in [-0.05, 0) is 47.3 Å². The Morgan fingerprint density at radius 2 is 2.19 bits per heavy atom. The van der Waals surface area contributed by atoms with Crippen LogP contribution in [0.5, 0.6) is 0 Å². The molecule has 1 aromatic heterocycles. The van der Waals surface area contributed by atoms with Gasteiger partial charge in [-0.25, -0.2) is 4.98 Å². The van der Waals surface area contributed by atoms with Crippen molar-refractivity contribution in [3.05, 3.63) is 22.3 Å². The second-order valence-electron chi connectivity index (χ2n) is 4.39. The lowest BCUT2D eigenvalue weighted by Crippen LogP contribution is -2.33. The van der Waals surface area contributed by atoms with Gasteiger partial charge in [-0.15, -0.1) is 11.6 Å². The third kappa shape index (κ3) is 2.89. The molecule has 0 aliphatic heterocycles. The molecule has 2 unspecified atom stereocenters. The molecule has 1 saturated carbocycles. The minimum absolute atomic E-state index is 0.226. The third-order valence-electron chi connectivity index (χ3n) is 2.98. The molecule has 2 rings (SSSR count). The van der Waals surface area contributed by atoms with Gasteiger partial charge in [0, 0.05) is 12.2 Å². The summed E-state index contributed by atoms with van der Waals surface area (Å²) in [7, 11) is 0. The van der Waals surface area contributed by atoms with Gasteiger partial charge in [0.05, 0.1) is 9.85 Å². The summed E-state index contributed by atoms with van der Waals surface area (Å²) in [6.07, 6.45) is 6.61. The van der Waals surface area contributed by atoms with Gasteiger partial charge in [-0.1, -0.05) is 12.8 Å². The van der Waals surface area contributed by atoms with Crippen LogP contribution < -0.4 is 5.32 Å². The quantitative estimate of drug-likeness (QED) is 0.832. The van der Waals surface area contributed by atoms with E-state index in [9.17, 15) is 0 Å². The first-order valence-corrected chi connectivity index (χ1v) is 6.92. The number of nitrogens with one attached hydrogen (secondary N) is 1. The Bertz CT molecular complexity index is 370. The summed E-state index contributed by atoms with van der Waals surface area (Å²) < 4.78 is 1.02. The molecule has 0 amide bonds. The summed E-state index contributed by atoms with van der Waals surface area (Å²) in [5.41, 5.74) is 1.16. The lowest BCUT2D eigenvalue weighted by molar-refractivity contribution is 0.468. The summed E-state index contributed by atoms with van der Waals surface area (Å²) in [5, 5.41) is 3.66. The number of hydrogen-bond donors (Lipinski definition) is 1. The normalized spacial score (nSPS) is 25.4. The lowest BCUT2D eigenvalue weighted by Gasteiger charge is -2.28. The van der Waals surface area contributed by atoms with Crippen molar-refractivity contribution in [3.63, 3.8) is 0 Å². The third-order valence-corrected chi connectivity index (χ3v) is 4.11. The fourth-order valence-corrected chi connectivity index (χ4v) is 2.98. The van der Waals surface area contributed by atoms with E-state index in [0.29, 0.717) is 6.04 Å². The number of halogens is 2. The van der Waals surface area contributed by atoms with E-state index in [1.165, 1.54) is 12.8 Å². The molecule has 16 heavy (non-hydrogen) atoms. The highest BCUT2D eigenvalue weighted by molar-refractivity contribution is 9.10. The number of pyridine rings is 1. The van der Waals surface area contributed by atoms with Crippen LogP contribution in [0.1, 0.15) is 31.2 Å². The van der Waals surface area contributed by atoms with Crippen molar-refractivity contribution in [1.29, 1.82) is 0 Å². The standard InChI is InChI=1S/C12H16BrClN2/c1-8-6-9(13)12(15-7-8)16-11-5-3-2-4-10(11)14/h6-7,10-11H,2-5H2,1H3,(H,15,16). The maximum atomic E-state index is 6.31. The number of rotatable bonds is 2. The Morgan fingerprint density at radius 3 is 2.88 bits per heavy atom. The van der Waals surface area contributed by atoms with Crippen molar-refractivity contribution in [2.45, 2.75) is 44.0 Å². The fraction of sp³-hybridized carbons (Fsp3) is 0.583. The molecule has 2 atom stereocenters. The van der Waals surface area contributed by atoms with Crippen LogP contribution in [-0.2, 0) is 0 Å². The van der Waals surface area contributed by atoms with Gasteiger partial charge in [0.1, 0.15) is 5.82 Å². The van der Waals surface area contributed by atoms with Gasteiger partial charge in [0.25, 0.3) is 0 Å². The predicted octanol–water partition coefficient (Wildman–Crippen LogP) is 4.11. The van der Waals surface area contributed by atoms with Crippen molar-refractivity contribution in [3.8, 4) is 0 Å².